The van der Waals surface area contributed by atoms with Gasteiger partial charge in [-0.3, -0.25) is 0 Å². The summed E-state index contributed by atoms with van der Waals surface area (Å²) >= 11 is 3.04. The van der Waals surface area contributed by atoms with Crippen molar-refractivity contribution in [1.82, 2.24) is 19.5 Å². The van der Waals surface area contributed by atoms with Crippen LogP contribution in [0.4, 0.5) is 10.1 Å². The summed E-state index contributed by atoms with van der Waals surface area (Å²) in [5, 5.41) is 7.47. The number of benzene rings is 1. The summed E-state index contributed by atoms with van der Waals surface area (Å²) in [6.07, 6.45) is 1.44. The van der Waals surface area contributed by atoms with Crippen molar-refractivity contribution in [2.24, 2.45) is 7.05 Å². The average molecular weight is 378 g/mol. The lowest BCUT2D eigenvalue weighted by Gasteiger charge is -2.14. The van der Waals surface area contributed by atoms with Crippen molar-refractivity contribution < 1.29 is 12.8 Å². The second kappa shape index (κ2) is 5.70. The first-order valence-electron chi connectivity index (χ1n) is 5.83. The summed E-state index contributed by atoms with van der Waals surface area (Å²) in [6.45, 7) is 1.59. The van der Waals surface area contributed by atoms with Gasteiger partial charge in [0.1, 0.15) is 22.9 Å². The van der Waals surface area contributed by atoms with Crippen molar-refractivity contribution in [3.05, 3.63) is 34.6 Å². The fourth-order valence-corrected chi connectivity index (χ4v) is 3.39. The molecule has 0 amide bonds. The first-order valence-corrected chi connectivity index (χ1v) is 8.10. The molecule has 1 unspecified atom stereocenters. The molecule has 0 radical (unpaired) electrons. The van der Waals surface area contributed by atoms with E-state index >= 15 is 0 Å². The van der Waals surface area contributed by atoms with Gasteiger partial charge < -0.3 is 10.3 Å². The highest BCUT2D eigenvalue weighted by Gasteiger charge is 2.25. The minimum absolute atomic E-state index is 0.128. The Labute approximate surface area is 129 Å². The zero-order valence-electron chi connectivity index (χ0n) is 11.2. The van der Waals surface area contributed by atoms with Crippen molar-refractivity contribution in [3.63, 3.8) is 0 Å². The molecule has 1 atom stereocenters. The average Bonchev–Trinajstić information content (AvgIpc) is 2.79. The van der Waals surface area contributed by atoms with Crippen LogP contribution in [0.15, 0.2) is 27.8 Å². The Morgan fingerprint density at radius 2 is 2.14 bits per heavy atom. The van der Waals surface area contributed by atoms with Gasteiger partial charge in [-0.05, 0) is 35.0 Å². The Morgan fingerprint density at radius 3 is 2.71 bits per heavy atom. The molecule has 114 valence electrons. The molecular weight excluding hydrogens is 365 g/mol. The largest absolute Gasteiger partial charge is 0.398 e. The molecule has 0 saturated carbocycles. The van der Waals surface area contributed by atoms with Gasteiger partial charge in [0, 0.05) is 17.2 Å². The van der Waals surface area contributed by atoms with Crippen LogP contribution in [0, 0.1) is 5.82 Å². The quantitative estimate of drug-likeness (QED) is 0.782. The topological polar surface area (TPSA) is 103 Å². The number of hydrogen-bond donors (Lipinski definition) is 2. The minimum Gasteiger partial charge on any atom is -0.398 e. The zero-order chi connectivity index (χ0) is 15.8. The molecule has 2 rings (SSSR count). The number of nitrogens with one attached hydrogen (secondary N) is 1. The monoisotopic (exact) mass is 377 g/mol. The van der Waals surface area contributed by atoms with Gasteiger partial charge in [-0.1, -0.05) is 0 Å². The van der Waals surface area contributed by atoms with Crippen LogP contribution < -0.4 is 10.5 Å². The van der Waals surface area contributed by atoms with Gasteiger partial charge in [-0.15, -0.1) is 10.2 Å². The summed E-state index contributed by atoms with van der Waals surface area (Å²) in [7, 11) is -2.40. The maximum Gasteiger partial charge on any atom is 0.244 e. The highest BCUT2D eigenvalue weighted by atomic mass is 79.9. The van der Waals surface area contributed by atoms with Gasteiger partial charge in [-0.25, -0.2) is 17.5 Å². The third kappa shape index (κ3) is 3.22. The third-order valence-electron chi connectivity index (χ3n) is 2.81. The highest BCUT2D eigenvalue weighted by Crippen LogP contribution is 2.26. The van der Waals surface area contributed by atoms with E-state index in [1.165, 1.54) is 6.33 Å². The predicted octanol–water partition coefficient (Wildman–Crippen LogP) is 1.34. The lowest BCUT2D eigenvalue weighted by Crippen LogP contribution is -2.29. The molecule has 1 aromatic carbocycles. The van der Waals surface area contributed by atoms with Gasteiger partial charge in [0.25, 0.3) is 0 Å². The Hall–Kier alpha value is -1.52. The van der Waals surface area contributed by atoms with E-state index in [9.17, 15) is 12.8 Å². The molecule has 10 heteroatoms. The first-order chi connectivity index (χ1) is 9.72. The number of nitrogens with two attached hydrogens (primary N) is 1. The highest BCUT2D eigenvalue weighted by molar-refractivity contribution is 9.10. The summed E-state index contributed by atoms with van der Waals surface area (Å²) < 4.78 is 42.6. The number of aryl methyl sites for hydroxylation is 1. The predicted molar refractivity (Wildman–Crippen MR) is 78.3 cm³/mol. The fraction of sp³-hybridized carbons (Fsp3) is 0.273. The molecule has 1 aromatic heterocycles. The second-order valence-corrected chi connectivity index (χ2v) is 6.98. The van der Waals surface area contributed by atoms with Crippen molar-refractivity contribution in [1.29, 1.82) is 0 Å². The minimum atomic E-state index is -4.08. The van der Waals surface area contributed by atoms with E-state index in [-0.39, 0.29) is 5.69 Å². The number of halogens is 2. The first kappa shape index (κ1) is 15.9. The molecule has 0 bridgehead atoms. The van der Waals surface area contributed by atoms with Crippen molar-refractivity contribution in [3.8, 4) is 0 Å². The van der Waals surface area contributed by atoms with Gasteiger partial charge in [0.15, 0.2) is 0 Å². The van der Waals surface area contributed by atoms with E-state index in [1.54, 1.807) is 18.5 Å². The van der Waals surface area contributed by atoms with Gasteiger partial charge in [0.2, 0.25) is 10.0 Å². The Balaban J connectivity index is 2.35. The number of rotatable bonds is 4. The summed E-state index contributed by atoms with van der Waals surface area (Å²) in [4.78, 5) is -0.516. The zero-order valence-corrected chi connectivity index (χ0v) is 13.6. The maximum absolute atomic E-state index is 13.9. The van der Waals surface area contributed by atoms with E-state index in [2.05, 4.69) is 30.8 Å². The van der Waals surface area contributed by atoms with Crippen molar-refractivity contribution in [2.75, 3.05) is 5.73 Å². The van der Waals surface area contributed by atoms with E-state index in [0.717, 1.165) is 12.1 Å². The van der Waals surface area contributed by atoms with Crippen LogP contribution in [0.1, 0.15) is 18.8 Å². The van der Waals surface area contributed by atoms with Crippen LogP contribution in [0.3, 0.4) is 0 Å². The van der Waals surface area contributed by atoms with E-state index in [4.69, 9.17) is 5.73 Å². The second-order valence-electron chi connectivity index (χ2n) is 4.45. The summed E-state index contributed by atoms with van der Waals surface area (Å²) in [5.41, 5.74) is 5.73. The number of nitrogen functional groups attached to an aromatic ring is 1. The van der Waals surface area contributed by atoms with Crippen LogP contribution in [0.25, 0.3) is 0 Å². The maximum atomic E-state index is 13.9. The van der Waals surface area contributed by atoms with E-state index in [0.29, 0.717) is 10.3 Å². The van der Waals surface area contributed by atoms with Gasteiger partial charge in [0.05, 0.1) is 6.04 Å². The van der Waals surface area contributed by atoms with Gasteiger partial charge >= 0.3 is 0 Å². The number of hydrogen-bond acceptors (Lipinski definition) is 5. The number of sulfonamides is 1. The molecule has 0 fully saturated rings. The van der Waals surface area contributed by atoms with Crippen molar-refractivity contribution in [2.45, 2.75) is 17.9 Å². The lowest BCUT2D eigenvalue weighted by atomic mass is 10.3. The molecular formula is C11H13BrFN5O2S. The third-order valence-corrected chi connectivity index (χ3v) is 5.05. The molecule has 2 aromatic rings. The Bertz CT molecular complexity index is 777. The fourth-order valence-electron chi connectivity index (χ4n) is 1.78. The molecule has 1 heterocycles. The molecule has 21 heavy (non-hydrogen) atoms. The molecule has 7 nitrogen and oxygen atoms in total. The molecule has 0 aliphatic carbocycles. The smallest absolute Gasteiger partial charge is 0.244 e. The van der Waals surface area contributed by atoms with E-state index in [1.807, 2.05) is 0 Å². The number of aromatic nitrogens is 3. The summed E-state index contributed by atoms with van der Waals surface area (Å²) in [6, 6.07) is 1.40. The molecule has 0 spiro atoms. The molecule has 0 aliphatic rings. The van der Waals surface area contributed by atoms with Gasteiger partial charge in [-0.2, -0.15) is 0 Å². The Morgan fingerprint density at radius 1 is 1.48 bits per heavy atom. The van der Waals surface area contributed by atoms with Crippen LogP contribution in [-0.2, 0) is 17.1 Å². The molecule has 3 N–H and O–H groups in total. The molecule has 0 aliphatic heterocycles. The van der Waals surface area contributed by atoms with E-state index < -0.39 is 26.8 Å². The number of anilines is 1. The number of nitrogens with zero attached hydrogens (tertiary/aromatic N) is 3. The lowest BCUT2D eigenvalue weighted by molar-refractivity contribution is 0.537. The molecule has 0 saturated heterocycles. The van der Waals surface area contributed by atoms with Crippen LogP contribution in [0.2, 0.25) is 0 Å². The van der Waals surface area contributed by atoms with Crippen LogP contribution in [-0.4, -0.2) is 23.2 Å². The SMILES string of the molecule is CC(NS(=O)(=O)c1cc(N)c(Br)cc1F)c1nncn1C. The summed E-state index contributed by atoms with van der Waals surface area (Å²) in [5.74, 6) is -0.488. The normalized spacial score (nSPS) is 13.3. The van der Waals surface area contributed by atoms with Crippen molar-refractivity contribution >= 4 is 31.6 Å². The van der Waals surface area contributed by atoms with Crippen LogP contribution in [0.5, 0.6) is 0 Å². The Kier molecular flexibility index (Phi) is 4.30. The standard InChI is InChI=1S/C11H13BrFN5O2S/c1-6(11-16-15-5-18(11)2)17-21(19,20)10-4-9(14)7(12)3-8(10)13/h3-6,17H,14H2,1-2H3. The van der Waals surface area contributed by atoms with Crippen LogP contribution >= 0.6 is 15.9 Å².